The van der Waals surface area contributed by atoms with Crippen molar-refractivity contribution in [2.45, 2.75) is 134 Å². The number of carbonyl (C=O) groups excluding carboxylic acids is 6. The zero-order valence-electron chi connectivity index (χ0n) is 87.4. The molecule has 6 unspecified atom stereocenters. The van der Waals surface area contributed by atoms with Crippen LogP contribution in [0.5, 0.6) is 28.7 Å². The number of hydrogen-bond acceptors (Lipinski definition) is 32. The van der Waals surface area contributed by atoms with E-state index in [-0.39, 0.29) is 94.8 Å². The molecule has 8 aromatic rings. The summed E-state index contributed by atoms with van der Waals surface area (Å²) in [5.41, 5.74) is 9.43. The number of allylic oxidation sites excluding steroid dienone is 8. The number of nitrogens with zero attached hydrogens (tertiary/aromatic N) is 8. The molecule has 6 atom stereocenters. The number of fused-ring (bicyclic) bond motifs is 1. The minimum atomic E-state index is -1.27. The maximum atomic E-state index is 13.6. The van der Waals surface area contributed by atoms with Crippen molar-refractivity contribution in [3.8, 4) is 34.8 Å². The number of nitro benzene ring substituents is 3. The lowest BCUT2D eigenvalue weighted by Gasteiger charge is -2.32. The Morgan fingerprint density at radius 3 is 1.63 bits per heavy atom. The average molecular weight is 2040 g/mol. The van der Waals surface area contributed by atoms with Crippen LogP contribution in [0, 0.1) is 55.0 Å². The van der Waals surface area contributed by atoms with E-state index in [2.05, 4.69) is 69.7 Å². The summed E-state index contributed by atoms with van der Waals surface area (Å²) in [6, 6.07) is 57.9. The molecule has 0 saturated heterocycles. The summed E-state index contributed by atoms with van der Waals surface area (Å²) in [4.78, 5) is 141. The number of hydrogen-bond donors (Lipinski definition) is 4. The van der Waals surface area contributed by atoms with Crippen LogP contribution in [0.2, 0.25) is 0 Å². The molecule has 0 aromatic heterocycles. The molecular formula is C110H134N11O25S-. The smallest absolute Gasteiger partial charge is 0.336 e. The number of nitro groups is 3. The van der Waals surface area contributed by atoms with Crippen LogP contribution in [-0.4, -0.2) is 220 Å². The number of non-ortho nitro benzene ring substituents is 2. The third-order valence-corrected chi connectivity index (χ3v) is 26.3. The summed E-state index contributed by atoms with van der Waals surface area (Å²) in [5.74, 6) is -2.27. The number of esters is 3. The Bertz CT molecular complexity index is 6210. The van der Waals surface area contributed by atoms with Gasteiger partial charge in [0.25, 0.3) is 23.0 Å². The van der Waals surface area contributed by atoms with Gasteiger partial charge >= 0.3 is 23.9 Å². The number of aldehydes is 1. The van der Waals surface area contributed by atoms with Crippen LogP contribution >= 0.6 is 11.8 Å². The normalized spacial score (nSPS) is 16.2. The van der Waals surface area contributed by atoms with Crippen molar-refractivity contribution < 1.29 is 106 Å². The van der Waals surface area contributed by atoms with Gasteiger partial charge < -0.3 is 90.7 Å². The Kier molecular flexibility index (Phi) is 46.7. The predicted molar refractivity (Wildman–Crippen MR) is 560 cm³/mol. The van der Waals surface area contributed by atoms with Crippen molar-refractivity contribution in [1.29, 1.82) is 5.26 Å². The van der Waals surface area contributed by atoms with Crippen LogP contribution in [0.15, 0.2) is 261 Å². The number of carboxylic acids is 1. The number of rotatable bonds is 41. The number of Topliss-reactive ketones (excluding diaryl/α,β-unsaturated/α-hetero) is 1. The lowest BCUT2D eigenvalue weighted by Crippen LogP contribution is -2.44. The molecule has 0 aliphatic carbocycles. The number of likely N-dealkylation sites (N-methyl/N-ethyl adjacent to an activating group) is 2. The van der Waals surface area contributed by atoms with E-state index in [4.69, 9.17) is 52.4 Å². The van der Waals surface area contributed by atoms with Gasteiger partial charge in [-0.05, 0) is 190 Å². The van der Waals surface area contributed by atoms with Crippen LogP contribution in [-0.2, 0) is 80.7 Å². The van der Waals surface area contributed by atoms with Crippen LogP contribution in [0.4, 0.5) is 22.7 Å². The molecule has 0 saturated carbocycles. The molecule has 8 aromatic carbocycles. The molecule has 4 aliphatic heterocycles. The molecule has 0 fully saturated rings. The monoisotopic (exact) mass is 2040 g/mol. The van der Waals surface area contributed by atoms with E-state index in [1.807, 2.05) is 136 Å². The van der Waals surface area contributed by atoms with Gasteiger partial charge in [-0.15, -0.1) is 11.8 Å². The number of ether oxygens (including phenoxy) is 9. The molecule has 1 amide bonds. The first kappa shape index (κ1) is 119. The summed E-state index contributed by atoms with van der Waals surface area (Å²) < 4.78 is 46.7. The molecule has 37 heteroatoms. The third kappa shape index (κ3) is 31.1. The van der Waals surface area contributed by atoms with Gasteiger partial charge in [0.15, 0.2) is 34.9 Å². The van der Waals surface area contributed by atoms with E-state index >= 15 is 0 Å². The van der Waals surface area contributed by atoms with E-state index in [0.29, 0.717) is 100 Å². The number of nitrogens with one attached hydrogen (secondary N) is 3. The zero-order chi connectivity index (χ0) is 107. The van der Waals surface area contributed by atoms with E-state index in [0.717, 1.165) is 83.4 Å². The second-order valence-electron chi connectivity index (χ2n) is 35.0. The Balaban J connectivity index is 0.000000250. The van der Waals surface area contributed by atoms with Crippen LogP contribution in [0.1, 0.15) is 144 Å². The van der Waals surface area contributed by atoms with E-state index < -0.39 is 67.9 Å². The standard InChI is InChI=1S/C27H38N2O4.C26H29N3O5.C22H28N2O4S.C18H20N2O6.C16H16N2O6.CH3/c1-20(2)27(19-28,22-10-12-24(31-5)26(18-22)33-7)14-8-15-29(3)16-13-21-9-11-23(30-4)25(17-21)32-6;1-17-23(22(30)13-14-28(3)16-19-9-6-5-7-10-19)25(24(18(2)27-17)26(31)34-4)20-11-8-12-21(15-20)29(32)33;1-5-27-28-20-21(16-10-12-17(26-4)13-11-16)29-19-9-7-6-8-18(19)24(22(20)25)15-14-23(2)3;1-11-15(10-21)17(13-5-4-6-14(9-13)20(23)24)16(12(2)19-11)18(22)26-8-7-25-3;1-8-12(15(19)20)14(13(9(2)17-8)16(21)24-3)10-6-4-5-7-11(10)18(22)23;/h9-12,17-18,20H,8,13-16H2,1-7H3;5-12,15,25,27H,13-14,16H2,1-4H3;6-13,20-21H,5,14-15H2,1-4H3;4-6,9-10,17,19H,7-8H2,1-3H3;4-7,14,17H,1-3H3,(H,19,20);1H3/q;;;;;-1. The lowest BCUT2D eigenvalue weighted by molar-refractivity contribution is -0.385. The van der Waals surface area contributed by atoms with Gasteiger partial charge in [0.05, 0.1) is 128 Å². The molecule has 147 heavy (non-hydrogen) atoms. The van der Waals surface area contributed by atoms with Crippen LogP contribution < -0.4 is 44.5 Å². The van der Waals surface area contributed by atoms with Gasteiger partial charge in [0.1, 0.15) is 18.6 Å². The number of amides is 1. The molecule has 4 heterocycles. The van der Waals surface area contributed by atoms with Gasteiger partial charge in [0.2, 0.25) is 0 Å². The number of aliphatic carboxylic acids is 1. The summed E-state index contributed by atoms with van der Waals surface area (Å²) in [5, 5.41) is 62.4. The summed E-state index contributed by atoms with van der Waals surface area (Å²) in [7, 11) is 20.2. The van der Waals surface area contributed by atoms with E-state index in [1.54, 1.807) is 113 Å². The second kappa shape index (κ2) is 57.7. The molecule has 12 rings (SSSR count). The average Bonchev–Trinajstić information content (AvgIpc) is 1.39. The SMILES string of the molecule is CCOOC1C(=O)N(CCN(C)C)c2ccccc2SC1c1ccc(OC)cc1.COC(=O)C1=C(C)NC(C)=C(C(=O)CCN(C)Cc2ccccc2)C1c1cccc([N+](=O)[O-])c1.COC(=O)C1=C(C)NC(C)=C(C(=O)O)C1c1ccccc1[N+](=O)[O-].COCCOC(=O)C1=C(C)NC(C)=C(C=O)C1c1cccc([N+](=O)[O-])c1.COc1ccc(CCN(C)CCCC(C#N)(c2ccc(OC)c(OC)c2)C(C)C)cc1OC.[CH3-]. The van der Waals surface area contributed by atoms with Gasteiger partial charge in [0, 0.05) is 144 Å². The first-order chi connectivity index (χ1) is 69.8. The summed E-state index contributed by atoms with van der Waals surface area (Å²) in [6.07, 6.45) is 2.74. The first-order valence-electron chi connectivity index (χ1n) is 47.0. The second-order valence-corrected chi connectivity index (χ2v) is 36.2. The van der Waals surface area contributed by atoms with E-state index in [1.165, 1.54) is 75.4 Å². The van der Waals surface area contributed by atoms with Crippen LogP contribution in [0.3, 0.4) is 0 Å². The summed E-state index contributed by atoms with van der Waals surface area (Å²) >= 11 is 1.62. The fourth-order valence-corrected chi connectivity index (χ4v) is 18.8. The summed E-state index contributed by atoms with van der Waals surface area (Å²) in [6.45, 7) is 21.2. The molecular weight excluding hydrogens is 1910 g/mol. The topological polar surface area (TPSA) is 444 Å². The number of ketones is 1. The molecule has 0 radical (unpaired) electrons. The lowest BCUT2D eigenvalue weighted by atomic mass is 9.69. The fourth-order valence-electron chi connectivity index (χ4n) is 17.5. The molecule has 0 bridgehead atoms. The van der Waals surface area contributed by atoms with Crippen molar-refractivity contribution in [2.24, 2.45) is 5.92 Å². The predicted octanol–water partition coefficient (Wildman–Crippen LogP) is 17.7. The maximum absolute atomic E-state index is 13.6. The molecule has 4 N–H and O–H groups in total. The number of anilines is 1. The zero-order valence-corrected chi connectivity index (χ0v) is 88.2. The van der Waals surface area contributed by atoms with Gasteiger partial charge in [-0.25, -0.2) is 29.0 Å². The van der Waals surface area contributed by atoms with Crippen molar-refractivity contribution in [3.63, 3.8) is 0 Å². The van der Waals surface area contributed by atoms with Gasteiger partial charge in [-0.3, -0.25) is 44.7 Å². The molecule has 4 aliphatic rings. The highest BCUT2D eigenvalue weighted by molar-refractivity contribution is 7.99. The Hall–Kier alpha value is -14.9. The number of carbonyl (C=O) groups is 7. The number of nitriles is 1. The Labute approximate surface area is 863 Å². The largest absolute Gasteiger partial charge is 0.497 e. The fraction of sp³-hybridized carbons (Fsp3) is 0.373. The maximum Gasteiger partial charge on any atom is 0.336 e. The van der Waals surface area contributed by atoms with E-state index in [9.17, 15) is 74.3 Å². The highest BCUT2D eigenvalue weighted by Gasteiger charge is 2.45. The number of methoxy groups -OCH3 is 8. The highest BCUT2D eigenvalue weighted by atomic mass is 32.2. The first-order valence-corrected chi connectivity index (χ1v) is 47.9. The number of dihydropyridines is 3. The number of thioether (sulfide) groups is 1. The quantitative estimate of drug-likeness (QED) is 0.00404. The molecule has 0 spiro atoms. The Morgan fingerprint density at radius 2 is 1.09 bits per heavy atom. The minimum Gasteiger partial charge on any atom is -0.497 e. The van der Waals surface area contributed by atoms with Crippen molar-refractivity contribution >= 4 is 76.4 Å². The number of carboxylic acid groups (broad SMARTS) is 1. The van der Waals surface area contributed by atoms with Crippen molar-refractivity contribution in [2.75, 3.05) is 143 Å². The highest BCUT2D eigenvalue weighted by Crippen LogP contribution is 2.50. The number of benzene rings is 8. The van der Waals surface area contributed by atoms with Gasteiger partial charge in [-0.2, -0.15) is 5.26 Å². The van der Waals surface area contributed by atoms with Crippen molar-refractivity contribution in [3.05, 3.63) is 332 Å². The number of para-hydroxylation sites is 2. The van der Waals surface area contributed by atoms with Crippen LogP contribution in [0.25, 0.3) is 0 Å². The van der Waals surface area contributed by atoms with Gasteiger partial charge in [-0.1, -0.05) is 123 Å². The van der Waals surface area contributed by atoms with Crippen molar-refractivity contribution in [1.82, 2.24) is 30.7 Å². The molecule has 786 valence electrons. The third-order valence-electron chi connectivity index (χ3n) is 25.0. The Morgan fingerprint density at radius 1 is 0.551 bits per heavy atom. The minimum absolute atomic E-state index is 0. The molecule has 36 nitrogen and oxygen atoms in total.